The maximum absolute atomic E-state index is 10.5. The second-order valence-corrected chi connectivity index (χ2v) is 3.19. The van der Waals surface area contributed by atoms with Gasteiger partial charge in [0.05, 0.1) is 5.33 Å². The van der Waals surface area contributed by atoms with E-state index in [1.165, 1.54) is 0 Å². The van der Waals surface area contributed by atoms with Crippen molar-refractivity contribution in [3.63, 3.8) is 0 Å². The van der Waals surface area contributed by atoms with E-state index in [2.05, 4.69) is 27.8 Å². The molecule has 13 heavy (non-hydrogen) atoms. The third-order valence-corrected chi connectivity index (χ3v) is 1.98. The number of benzene rings is 1. The fraction of sp³-hybridized carbons (Fsp3) is 0.182. The summed E-state index contributed by atoms with van der Waals surface area (Å²) in [4.78, 5) is 10.5. The molecule has 0 heterocycles. The number of alkyl halides is 1. The van der Waals surface area contributed by atoms with Gasteiger partial charge in [-0.05, 0) is 24.6 Å². The summed E-state index contributed by atoms with van der Waals surface area (Å²) in [6.45, 7) is 1.91. The van der Waals surface area contributed by atoms with E-state index in [1.807, 2.05) is 19.1 Å². The van der Waals surface area contributed by atoms with Crippen LogP contribution < -0.4 is 0 Å². The highest BCUT2D eigenvalue weighted by Gasteiger charge is 1.95. The van der Waals surface area contributed by atoms with Gasteiger partial charge < -0.3 is 0 Å². The molecule has 0 spiro atoms. The zero-order valence-corrected chi connectivity index (χ0v) is 8.89. The van der Waals surface area contributed by atoms with Crippen LogP contribution in [0.5, 0.6) is 0 Å². The van der Waals surface area contributed by atoms with Crippen LogP contribution in [0, 0.1) is 18.8 Å². The molecule has 0 aliphatic heterocycles. The minimum absolute atomic E-state index is 0.668. The average molecular weight is 237 g/mol. The maximum Gasteiger partial charge on any atom is 0.150 e. The van der Waals surface area contributed by atoms with Crippen molar-refractivity contribution in [2.24, 2.45) is 0 Å². The van der Waals surface area contributed by atoms with E-state index in [0.29, 0.717) is 5.33 Å². The fourth-order valence-electron chi connectivity index (χ4n) is 1.02. The highest BCUT2D eigenvalue weighted by molar-refractivity contribution is 9.09. The summed E-state index contributed by atoms with van der Waals surface area (Å²) < 4.78 is 0. The molecular weight excluding hydrogens is 228 g/mol. The monoisotopic (exact) mass is 236 g/mol. The van der Waals surface area contributed by atoms with Gasteiger partial charge in [-0.15, -0.1) is 0 Å². The average Bonchev–Trinajstić information content (AvgIpc) is 2.15. The van der Waals surface area contributed by atoms with Crippen LogP contribution in [0.4, 0.5) is 0 Å². The summed E-state index contributed by atoms with van der Waals surface area (Å²) in [5, 5.41) is 0.668. The molecule has 0 atom stereocenters. The van der Waals surface area contributed by atoms with Crippen molar-refractivity contribution in [1.29, 1.82) is 0 Å². The molecular formula is C11H9BrO. The molecule has 0 saturated heterocycles. The van der Waals surface area contributed by atoms with E-state index in [1.54, 1.807) is 6.07 Å². The second kappa shape index (κ2) is 4.84. The number of rotatable bonds is 1. The molecule has 0 aliphatic rings. The van der Waals surface area contributed by atoms with Crippen LogP contribution in [0.15, 0.2) is 18.2 Å². The third kappa shape index (κ3) is 2.71. The van der Waals surface area contributed by atoms with Crippen molar-refractivity contribution in [3.8, 4) is 11.8 Å². The highest BCUT2D eigenvalue weighted by Crippen LogP contribution is 2.07. The molecule has 0 N–H and O–H groups in total. The quantitative estimate of drug-likeness (QED) is 0.416. The summed E-state index contributed by atoms with van der Waals surface area (Å²) in [6, 6.07) is 5.56. The maximum atomic E-state index is 10.5. The number of halogens is 1. The minimum atomic E-state index is 0.668. The van der Waals surface area contributed by atoms with Crippen molar-refractivity contribution in [2.75, 3.05) is 5.33 Å². The second-order valence-electron chi connectivity index (χ2n) is 2.62. The fourth-order valence-corrected chi connectivity index (χ4v) is 1.16. The molecule has 0 radical (unpaired) electrons. The van der Waals surface area contributed by atoms with Crippen molar-refractivity contribution < 1.29 is 4.79 Å². The molecule has 0 saturated carbocycles. The molecule has 0 unspecified atom stereocenters. The van der Waals surface area contributed by atoms with Gasteiger partial charge in [0.2, 0.25) is 0 Å². The van der Waals surface area contributed by atoms with Crippen LogP contribution in [-0.2, 0) is 0 Å². The molecule has 66 valence electrons. The van der Waals surface area contributed by atoms with Crippen LogP contribution in [0.1, 0.15) is 21.5 Å². The van der Waals surface area contributed by atoms with Crippen LogP contribution in [-0.4, -0.2) is 11.6 Å². The molecule has 0 amide bonds. The Hall–Kier alpha value is -1.07. The lowest BCUT2D eigenvalue weighted by atomic mass is 10.1. The number of hydrogen-bond acceptors (Lipinski definition) is 1. The first-order chi connectivity index (χ1) is 6.27. The van der Waals surface area contributed by atoms with E-state index in [4.69, 9.17) is 0 Å². The van der Waals surface area contributed by atoms with Gasteiger partial charge in [0.15, 0.2) is 0 Å². The molecule has 1 aromatic carbocycles. The van der Waals surface area contributed by atoms with Crippen LogP contribution in [0.3, 0.4) is 0 Å². The summed E-state index contributed by atoms with van der Waals surface area (Å²) in [5.41, 5.74) is 2.64. The van der Waals surface area contributed by atoms with Crippen LogP contribution in [0.25, 0.3) is 0 Å². The Morgan fingerprint density at radius 3 is 2.85 bits per heavy atom. The van der Waals surface area contributed by atoms with Gasteiger partial charge in [0.25, 0.3) is 0 Å². The minimum Gasteiger partial charge on any atom is -0.298 e. The van der Waals surface area contributed by atoms with Gasteiger partial charge >= 0.3 is 0 Å². The Kier molecular flexibility index (Phi) is 3.72. The van der Waals surface area contributed by atoms with E-state index < -0.39 is 0 Å². The molecule has 0 fully saturated rings. The van der Waals surface area contributed by atoms with Gasteiger partial charge in [-0.25, -0.2) is 0 Å². The first kappa shape index (κ1) is 10.0. The van der Waals surface area contributed by atoms with Gasteiger partial charge in [-0.1, -0.05) is 33.8 Å². The SMILES string of the molecule is Cc1cc(C#CCBr)ccc1C=O. The summed E-state index contributed by atoms with van der Waals surface area (Å²) in [5.74, 6) is 5.88. The van der Waals surface area contributed by atoms with E-state index in [9.17, 15) is 4.79 Å². The topological polar surface area (TPSA) is 17.1 Å². The van der Waals surface area contributed by atoms with Crippen LogP contribution in [0.2, 0.25) is 0 Å². The number of carbonyl (C=O) groups excluding carboxylic acids is 1. The predicted octanol–water partition coefficient (Wildman–Crippen LogP) is 2.55. The van der Waals surface area contributed by atoms with Crippen molar-refractivity contribution >= 4 is 22.2 Å². The Morgan fingerprint density at radius 2 is 2.31 bits per heavy atom. The molecule has 2 heteroatoms. The molecule has 1 rings (SSSR count). The number of hydrogen-bond donors (Lipinski definition) is 0. The van der Waals surface area contributed by atoms with Crippen molar-refractivity contribution in [3.05, 3.63) is 34.9 Å². The van der Waals surface area contributed by atoms with E-state index >= 15 is 0 Å². The Labute approximate surface area is 86.3 Å². The molecule has 1 aromatic rings. The molecule has 0 bridgehead atoms. The summed E-state index contributed by atoms with van der Waals surface area (Å²) in [7, 11) is 0. The van der Waals surface area contributed by atoms with E-state index in [-0.39, 0.29) is 0 Å². The van der Waals surface area contributed by atoms with Crippen molar-refractivity contribution in [1.82, 2.24) is 0 Å². The predicted molar refractivity (Wildman–Crippen MR) is 57.2 cm³/mol. The van der Waals surface area contributed by atoms with Gasteiger partial charge in [-0.3, -0.25) is 4.79 Å². The normalized spacial score (nSPS) is 8.77. The zero-order valence-electron chi connectivity index (χ0n) is 7.30. The Morgan fingerprint density at radius 1 is 1.54 bits per heavy atom. The lowest BCUT2D eigenvalue weighted by molar-refractivity contribution is 0.112. The lowest BCUT2D eigenvalue weighted by Gasteiger charge is -1.97. The number of carbonyl (C=O) groups is 1. The lowest BCUT2D eigenvalue weighted by Crippen LogP contribution is -1.86. The van der Waals surface area contributed by atoms with Gasteiger partial charge in [-0.2, -0.15) is 0 Å². The van der Waals surface area contributed by atoms with E-state index in [0.717, 1.165) is 23.0 Å². The first-order valence-corrected chi connectivity index (χ1v) is 5.00. The molecule has 1 nitrogen and oxygen atoms in total. The highest BCUT2D eigenvalue weighted by atomic mass is 79.9. The third-order valence-electron chi connectivity index (χ3n) is 1.70. The van der Waals surface area contributed by atoms with Crippen LogP contribution >= 0.6 is 15.9 Å². The molecule has 0 aromatic heterocycles. The zero-order chi connectivity index (χ0) is 9.68. The standard InChI is InChI=1S/C11H9BrO/c1-9-7-10(3-2-6-12)4-5-11(9)8-13/h4-5,7-8H,6H2,1H3. The smallest absolute Gasteiger partial charge is 0.150 e. The van der Waals surface area contributed by atoms with Gasteiger partial charge in [0.1, 0.15) is 6.29 Å². The van der Waals surface area contributed by atoms with Crippen molar-refractivity contribution in [2.45, 2.75) is 6.92 Å². The first-order valence-electron chi connectivity index (χ1n) is 3.88. The van der Waals surface area contributed by atoms with Gasteiger partial charge in [0, 0.05) is 11.1 Å². The number of aryl methyl sites for hydroxylation is 1. The molecule has 0 aliphatic carbocycles. The number of aldehydes is 1. The summed E-state index contributed by atoms with van der Waals surface area (Å²) >= 11 is 3.22. The largest absolute Gasteiger partial charge is 0.298 e. The Bertz CT molecular complexity index is 371. The summed E-state index contributed by atoms with van der Waals surface area (Å²) in [6.07, 6.45) is 0.858. The Balaban J connectivity index is 3.02.